The zero-order valence-corrected chi connectivity index (χ0v) is 18.0. The number of nitrogens with zero attached hydrogens (tertiary/aromatic N) is 1. The van der Waals surface area contributed by atoms with Crippen LogP contribution in [-0.4, -0.2) is 44.3 Å². The molecule has 2 aromatic carbocycles. The summed E-state index contributed by atoms with van der Waals surface area (Å²) < 4.78 is 32.1. The van der Waals surface area contributed by atoms with Gasteiger partial charge in [-0.3, -0.25) is 4.79 Å². The number of likely N-dealkylation sites (N-methyl/N-ethyl adjacent to an activating group) is 1. The molecule has 9 heteroatoms. The van der Waals surface area contributed by atoms with Gasteiger partial charge in [0.05, 0.1) is 15.5 Å². The zero-order chi connectivity index (χ0) is 21.6. The van der Waals surface area contributed by atoms with Crippen LogP contribution >= 0.6 is 11.6 Å². The van der Waals surface area contributed by atoms with Gasteiger partial charge in [-0.05, 0) is 37.6 Å². The van der Waals surface area contributed by atoms with Crippen LogP contribution in [0.5, 0.6) is 0 Å². The number of carbonyl (C=O) groups is 2. The van der Waals surface area contributed by atoms with E-state index < -0.39 is 28.0 Å². The molecule has 156 valence electrons. The molecule has 2 rings (SSSR count). The lowest BCUT2D eigenvalue weighted by molar-refractivity contribution is -0.128. The van der Waals surface area contributed by atoms with Crippen molar-refractivity contribution < 1.29 is 22.7 Å². The smallest absolute Gasteiger partial charge is 0.340 e. The van der Waals surface area contributed by atoms with Gasteiger partial charge < -0.3 is 10.1 Å². The van der Waals surface area contributed by atoms with Gasteiger partial charge in [-0.1, -0.05) is 41.9 Å². The van der Waals surface area contributed by atoms with Gasteiger partial charge >= 0.3 is 5.97 Å². The van der Waals surface area contributed by atoms with Crippen LogP contribution in [0.4, 0.5) is 0 Å². The Hall–Kier alpha value is -2.42. The van der Waals surface area contributed by atoms with Gasteiger partial charge in [0, 0.05) is 20.1 Å². The lowest BCUT2D eigenvalue weighted by atomic mass is 10.2. The first-order chi connectivity index (χ1) is 13.7. The standard InChI is InChI=1S/C20H23ClN2O5S/c1-4-22-19(24)14(2)28-20(25)17-12-16(10-11-18(17)21)29(26,27)23(3)13-15-8-6-5-7-9-15/h5-12,14H,4,13H2,1-3H3,(H,22,24). The molecular formula is C20H23ClN2O5S. The van der Waals surface area contributed by atoms with Gasteiger partial charge in [0.15, 0.2) is 6.10 Å². The second kappa shape index (κ2) is 9.87. The van der Waals surface area contributed by atoms with Crippen LogP contribution in [0, 0.1) is 0 Å². The van der Waals surface area contributed by atoms with E-state index in [1.165, 1.54) is 30.4 Å². The van der Waals surface area contributed by atoms with Gasteiger partial charge in [0.25, 0.3) is 5.91 Å². The van der Waals surface area contributed by atoms with E-state index in [0.29, 0.717) is 6.54 Å². The highest BCUT2D eigenvalue weighted by Gasteiger charge is 2.25. The number of hydrogen-bond donors (Lipinski definition) is 1. The lowest BCUT2D eigenvalue weighted by Crippen LogP contribution is -2.35. The summed E-state index contributed by atoms with van der Waals surface area (Å²) in [6.07, 6.45) is -1.04. The number of esters is 1. The zero-order valence-electron chi connectivity index (χ0n) is 16.4. The van der Waals surface area contributed by atoms with Crippen molar-refractivity contribution >= 4 is 33.5 Å². The van der Waals surface area contributed by atoms with Crippen LogP contribution in [0.1, 0.15) is 29.8 Å². The first kappa shape index (κ1) is 22.9. The Morgan fingerprint density at radius 3 is 2.45 bits per heavy atom. The molecule has 0 saturated carbocycles. The SMILES string of the molecule is CCNC(=O)C(C)OC(=O)c1cc(S(=O)(=O)N(C)Cc2ccccc2)ccc1Cl. The van der Waals surface area contributed by atoms with E-state index in [9.17, 15) is 18.0 Å². The van der Waals surface area contributed by atoms with E-state index in [1.54, 1.807) is 6.92 Å². The average Bonchev–Trinajstić information content (AvgIpc) is 2.68. The van der Waals surface area contributed by atoms with E-state index in [4.69, 9.17) is 16.3 Å². The maximum absolute atomic E-state index is 12.9. The van der Waals surface area contributed by atoms with E-state index in [-0.39, 0.29) is 22.0 Å². The lowest BCUT2D eigenvalue weighted by Gasteiger charge is -2.18. The van der Waals surface area contributed by atoms with Gasteiger partial charge in [0.2, 0.25) is 10.0 Å². The molecular weight excluding hydrogens is 416 g/mol. The van der Waals surface area contributed by atoms with Crippen molar-refractivity contribution in [1.29, 1.82) is 0 Å². The molecule has 0 saturated heterocycles. The molecule has 0 aliphatic rings. The summed E-state index contributed by atoms with van der Waals surface area (Å²) in [6.45, 7) is 3.72. The summed E-state index contributed by atoms with van der Waals surface area (Å²) >= 11 is 6.06. The number of rotatable bonds is 8. The highest BCUT2D eigenvalue weighted by atomic mass is 35.5. The molecule has 7 nitrogen and oxygen atoms in total. The van der Waals surface area contributed by atoms with E-state index in [2.05, 4.69) is 5.32 Å². The van der Waals surface area contributed by atoms with Crippen molar-refractivity contribution in [1.82, 2.24) is 9.62 Å². The first-order valence-electron chi connectivity index (χ1n) is 8.95. The van der Waals surface area contributed by atoms with Crippen molar-refractivity contribution in [2.75, 3.05) is 13.6 Å². The number of nitrogens with one attached hydrogen (secondary N) is 1. The molecule has 0 fully saturated rings. The van der Waals surface area contributed by atoms with Crippen molar-refractivity contribution in [2.24, 2.45) is 0 Å². The Bertz CT molecular complexity index is 980. The summed E-state index contributed by atoms with van der Waals surface area (Å²) in [4.78, 5) is 24.1. The highest BCUT2D eigenvalue weighted by Crippen LogP contribution is 2.24. The number of halogens is 1. The van der Waals surface area contributed by atoms with Gasteiger partial charge in [-0.2, -0.15) is 4.31 Å². The molecule has 1 N–H and O–H groups in total. The fourth-order valence-electron chi connectivity index (χ4n) is 2.52. The van der Waals surface area contributed by atoms with Crippen LogP contribution in [-0.2, 0) is 26.1 Å². The molecule has 0 spiro atoms. The summed E-state index contributed by atoms with van der Waals surface area (Å²) in [6, 6.07) is 12.9. The third kappa shape index (κ3) is 5.79. The monoisotopic (exact) mass is 438 g/mol. The summed E-state index contributed by atoms with van der Waals surface area (Å²) in [5, 5.41) is 2.57. The Labute approximate surface area is 175 Å². The van der Waals surface area contributed by atoms with Gasteiger partial charge in [0.1, 0.15) is 0 Å². The molecule has 29 heavy (non-hydrogen) atoms. The predicted octanol–water partition coefficient (Wildman–Crippen LogP) is 2.84. The fourth-order valence-corrected chi connectivity index (χ4v) is 3.90. The second-order valence-corrected chi connectivity index (χ2v) is 8.78. The van der Waals surface area contributed by atoms with Crippen LogP contribution < -0.4 is 5.32 Å². The first-order valence-corrected chi connectivity index (χ1v) is 10.8. The minimum Gasteiger partial charge on any atom is -0.449 e. The molecule has 0 aliphatic heterocycles. The molecule has 0 heterocycles. The average molecular weight is 439 g/mol. The number of amides is 1. The van der Waals surface area contributed by atoms with Crippen LogP contribution in [0.2, 0.25) is 5.02 Å². The second-order valence-electron chi connectivity index (χ2n) is 6.33. The molecule has 0 bridgehead atoms. The third-order valence-electron chi connectivity index (χ3n) is 4.12. The number of hydrogen-bond acceptors (Lipinski definition) is 5. The fraction of sp³-hybridized carbons (Fsp3) is 0.300. The van der Waals surface area contributed by atoms with Crippen molar-refractivity contribution in [3.05, 3.63) is 64.7 Å². The normalized spacial score (nSPS) is 12.4. The topological polar surface area (TPSA) is 92.8 Å². The van der Waals surface area contributed by atoms with E-state index >= 15 is 0 Å². The molecule has 1 amide bonds. The minimum atomic E-state index is -3.88. The number of ether oxygens (including phenoxy) is 1. The van der Waals surface area contributed by atoms with Crippen molar-refractivity contribution in [2.45, 2.75) is 31.4 Å². The van der Waals surface area contributed by atoms with Crippen molar-refractivity contribution in [3.8, 4) is 0 Å². The van der Waals surface area contributed by atoms with Gasteiger partial charge in [-0.25, -0.2) is 13.2 Å². The van der Waals surface area contributed by atoms with Crippen LogP contribution in [0.15, 0.2) is 53.4 Å². The molecule has 1 atom stereocenters. The third-order valence-corrected chi connectivity index (χ3v) is 6.25. The molecule has 0 aromatic heterocycles. The van der Waals surface area contributed by atoms with E-state index in [0.717, 1.165) is 11.6 Å². The molecule has 0 radical (unpaired) electrons. The quantitative estimate of drug-likeness (QED) is 0.640. The largest absolute Gasteiger partial charge is 0.449 e. The Morgan fingerprint density at radius 2 is 1.83 bits per heavy atom. The summed E-state index contributed by atoms with van der Waals surface area (Å²) in [5.41, 5.74) is 0.694. The maximum atomic E-state index is 12.9. The van der Waals surface area contributed by atoms with Crippen molar-refractivity contribution in [3.63, 3.8) is 0 Å². The predicted molar refractivity (Wildman–Crippen MR) is 110 cm³/mol. The molecule has 2 aromatic rings. The number of sulfonamides is 1. The minimum absolute atomic E-state index is 0.0303. The molecule has 0 aliphatic carbocycles. The van der Waals surface area contributed by atoms with Gasteiger partial charge in [-0.15, -0.1) is 0 Å². The Balaban J connectivity index is 2.24. The Kier molecular flexibility index (Phi) is 7.78. The number of benzene rings is 2. The maximum Gasteiger partial charge on any atom is 0.340 e. The van der Waals surface area contributed by atoms with Crippen LogP contribution in [0.25, 0.3) is 0 Å². The summed E-state index contributed by atoms with van der Waals surface area (Å²) in [5.74, 6) is -1.33. The highest BCUT2D eigenvalue weighted by molar-refractivity contribution is 7.89. The Morgan fingerprint density at radius 1 is 1.17 bits per heavy atom. The van der Waals surface area contributed by atoms with E-state index in [1.807, 2.05) is 30.3 Å². The van der Waals surface area contributed by atoms with Crippen LogP contribution in [0.3, 0.4) is 0 Å². The molecule has 1 unspecified atom stereocenters. The number of carbonyl (C=O) groups excluding carboxylic acids is 2. The summed E-state index contributed by atoms with van der Waals surface area (Å²) in [7, 11) is -2.43.